The number of aromatic nitrogens is 4. The van der Waals surface area contributed by atoms with E-state index in [-0.39, 0.29) is 0 Å². The van der Waals surface area contributed by atoms with Crippen LogP contribution in [-0.2, 0) is 0 Å². The number of nitrogens with zero attached hydrogens (tertiary/aromatic N) is 4. The van der Waals surface area contributed by atoms with Crippen LogP contribution in [0.2, 0.25) is 0 Å². The van der Waals surface area contributed by atoms with Crippen molar-refractivity contribution in [2.75, 3.05) is 0 Å². The predicted octanol–water partition coefficient (Wildman–Crippen LogP) is 4.23. The number of pyridine rings is 4. The Morgan fingerprint density at radius 2 is 1.21 bits per heavy atom. The molecule has 0 fully saturated rings. The quantitative estimate of drug-likeness (QED) is 0.514. The fraction of sp³-hybridized carbons (Fsp3) is 0. The van der Waals surface area contributed by atoms with Gasteiger partial charge < -0.3 is 0 Å². The van der Waals surface area contributed by atoms with Gasteiger partial charge in [-0.15, -0.1) is 12.8 Å². The Morgan fingerprint density at radius 1 is 0.571 bits per heavy atom. The molecule has 0 N–H and O–H groups in total. The Balaban J connectivity index is 1.79. The number of terminal acetylenes is 2. The van der Waals surface area contributed by atoms with Gasteiger partial charge in [-0.2, -0.15) is 0 Å². The molecular weight excluding hydrogens is 344 g/mol. The first kappa shape index (κ1) is 17.1. The molecule has 0 unspecified atom stereocenters. The van der Waals surface area contributed by atoms with Crippen molar-refractivity contribution >= 4 is 0 Å². The molecule has 0 radical (unpaired) electrons. The van der Waals surface area contributed by atoms with Crippen LogP contribution in [0.15, 0.2) is 73.1 Å². The summed E-state index contributed by atoms with van der Waals surface area (Å²) in [6, 6.07) is 18.8. The maximum absolute atomic E-state index is 5.65. The van der Waals surface area contributed by atoms with Crippen LogP contribution in [0.25, 0.3) is 34.2 Å². The smallest absolute Gasteiger partial charge is 0.0907 e. The summed E-state index contributed by atoms with van der Waals surface area (Å²) in [4.78, 5) is 18.2. The lowest BCUT2D eigenvalue weighted by Gasteiger charge is -2.07. The van der Waals surface area contributed by atoms with Crippen molar-refractivity contribution in [3.8, 4) is 58.9 Å². The highest BCUT2D eigenvalue weighted by atomic mass is 14.8. The van der Waals surface area contributed by atoms with Crippen molar-refractivity contribution in [2.24, 2.45) is 0 Å². The molecule has 4 aromatic heterocycles. The van der Waals surface area contributed by atoms with Crippen molar-refractivity contribution in [1.82, 2.24) is 19.9 Å². The van der Waals surface area contributed by atoms with Gasteiger partial charge in [0, 0.05) is 23.5 Å². The van der Waals surface area contributed by atoms with E-state index in [1.807, 2.05) is 60.7 Å². The topological polar surface area (TPSA) is 51.6 Å². The molecule has 0 amide bonds. The van der Waals surface area contributed by atoms with E-state index < -0.39 is 0 Å². The van der Waals surface area contributed by atoms with Gasteiger partial charge in [-0.3, -0.25) is 9.97 Å². The molecule has 0 aliphatic heterocycles. The van der Waals surface area contributed by atoms with E-state index in [0.717, 1.165) is 22.6 Å². The zero-order valence-electron chi connectivity index (χ0n) is 14.9. The molecule has 0 saturated heterocycles. The van der Waals surface area contributed by atoms with Gasteiger partial charge in [0.2, 0.25) is 0 Å². The van der Waals surface area contributed by atoms with E-state index in [2.05, 4.69) is 21.8 Å². The van der Waals surface area contributed by atoms with E-state index in [9.17, 15) is 0 Å². The lowest BCUT2D eigenvalue weighted by atomic mass is 10.1. The van der Waals surface area contributed by atoms with Gasteiger partial charge >= 0.3 is 0 Å². The van der Waals surface area contributed by atoms with Crippen LogP contribution in [-0.4, -0.2) is 19.9 Å². The summed E-state index contributed by atoms with van der Waals surface area (Å²) in [5, 5.41) is 0. The SMILES string of the molecule is C#Cc1ccc(-c2cccc(-c3cc(C#C)cc(-c4ccccn4)n3)n2)nc1. The number of hydrogen-bond acceptors (Lipinski definition) is 4. The van der Waals surface area contributed by atoms with Crippen molar-refractivity contribution in [1.29, 1.82) is 0 Å². The summed E-state index contributed by atoms with van der Waals surface area (Å²) in [7, 11) is 0. The van der Waals surface area contributed by atoms with E-state index in [1.54, 1.807) is 12.4 Å². The highest BCUT2D eigenvalue weighted by Gasteiger charge is 2.10. The van der Waals surface area contributed by atoms with Gasteiger partial charge in [-0.05, 0) is 48.5 Å². The first-order valence-corrected chi connectivity index (χ1v) is 8.57. The first-order chi connectivity index (χ1) is 13.8. The Labute approximate surface area is 163 Å². The van der Waals surface area contributed by atoms with Crippen LogP contribution < -0.4 is 0 Å². The molecule has 4 aromatic rings. The van der Waals surface area contributed by atoms with Crippen LogP contribution in [0.5, 0.6) is 0 Å². The van der Waals surface area contributed by atoms with Gasteiger partial charge in [0.1, 0.15) is 0 Å². The van der Waals surface area contributed by atoms with Crippen LogP contribution in [0.4, 0.5) is 0 Å². The van der Waals surface area contributed by atoms with E-state index in [1.165, 1.54) is 0 Å². The first-order valence-electron chi connectivity index (χ1n) is 8.57. The lowest BCUT2D eigenvalue weighted by Crippen LogP contribution is -1.95. The largest absolute Gasteiger partial charge is 0.255 e. The van der Waals surface area contributed by atoms with Gasteiger partial charge in [-0.1, -0.05) is 24.0 Å². The van der Waals surface area contributed by atoms with Crippen LogP contribution in [0.1, 0.15) is 11.1 Å². The molecule has 0 saturated carbocycles. The molecule has 0 atom stereocenters. The molecular formula is C24H14N4. The minimum atomic E-state index is 0.679. The zero-order valence-corrected chi connectivity index (χ0v) is 14.9. The minimum Gasteiger partial charge on any atom is -0.255 e. The maximum atomic E-state index is 5.65. The second-order valence-corrected chi connectivity index (χ2v) is 5.97. The zero-order chi connectivity index (χ0) is 19.3. The molecule has 0 aromatic carbocycles. The summed E-state index contributed by atoms with van der Waals surface area (Å²) in [6.45, 7) is 0. The summed E-state index contributed by atoms with van der Waals surface area (Å²) >= 11 is 0. The summed E-state index contributed by atoms with van der Waals surface area (Å²) in [6.07, 6.45) is 14.4. The van der Waals surface area contributed by atoms with Gasteiger partial charge in [0.05, 0.1) is 34.2 Å². The normalized spacial score (nSPS) is 10.1. The van der Waals surface area contributed by atoms with E-state index in [4.69, 9.17) is 22.8 Å². The van der Waals surface area contributed by atoms with Crippen molar-refractivity contribution in [2.45, 2.75) is 0 Å². The Morgan fingerprint density at radius 3 is 1.86 bits per heavy atom. The second kappa shape index (κ2) is 7.53. The van der Waals surface area contributed by atoms with Gasteiger partial charge in [-0.25, -0.2) is 9.97 Å². The molecule has 0 spiro atoms. The molecule has 130 valence electrons. The molecule has 0 bridgehead atoms. The average molecular weight is 358 g/mol. The fourth-order valence-electron chi connectivity index (χ4n) is 2.74. The fourth-order valence-corrected chi connectivity index (χ4v) is 2.74. The van der Waals surface area contributed by atoms with Crippen LogP contribution in [0.3, 0.4) is 0 Å². The Bertz CT molecular complexity index is 1210. The minimum absolute atomic E-state index is 0.679. The predicted molar refractivity (Wildman–Crippen MR) is 110 cm³/mol. The molecule has 4 heterocycles. The maximum Gasteiger partial charge on any atom is 0.0907 e. The molecule has 4 nitrogen and oxygen atoms in total. The lowest BCUT2D eigenvalue weighted by molar-refractivity contribution is 1.20. The third-order valence-corrected chi connectivity index (χ3v) is 4.12. The Kier molecular flexibility index (Phi) is 4.61. The van der Waals surface area contributed by atoms with Crippen molar-refractivity contribution in [3.05, 3.63) is 84.2 Å². The van der Waals surface area contributed by atoms with E-state index >= 15 is 0 Å². The van der Waals surface area contributed by atoms with Crippen LogP contribution >= 0.6 is 0 Å². The summed E-state index contributed by atoms with van der Waals surface area (Å²) in [5.41, 5.74) is 5.75. The third kappa shape index (κ3) is 3.49. The van der Waals surface area contributed by atoms with E-state index in [0.29, 0.717) is 22.6 Å². The molecule has 28 heavy (non-hydrogen) atoms. The average Bonchev–Trinajstić information content (AvgIpc) is 2.79. The second-order valence-electron chi connectivity index (χ2n) is 5.97. The number of rotatable bonds is 3. The third-order valence-electron chi connectivity index (χ3n) is 4.12. The van der Waals surface area contributed by atoms with Crippen molar-refractivity contribution < 1.29 is 0 Å². The highest BCUT2D eigenvalue weighted by molar-refractivity contribution is 5.67. The molecule has 4 heteroatoms. The highest BCUT2D eigenvalue weighted by Crippen LogP contribution is 2.24. The molecule has 4 rings (SSSR count). The number of hydrogen-bond donors (Lipinski definition) is 0. The van der Waals surface area contributed by atoms with Crippen LogP contribution in [0, 0.1) is 24.7 Å². The monoisotopic (exact) mass is 358 g/mol. The summed E-state index contributed by atoms with van der Waals surface area (Å²) < 4.78 is 0. The standard InChI is InChI=1S/C24H14N4/c1-3-17-11-12-20(26-16-17)21-9-7-10-22(27-21)24-15-18(4-2)14-23(28-24)19-8-5-6-13-25-19/h1-2,5-16H. The van der Waals surface area contributed by atoms with Gasteiger partial charge in [0.25, 0.3) is 0 Å². The Hall–Kier alpha value is -4.28. The molecule has 0 aliphatic rings. The van der Waals surface area contributed by atoms with Gasteiger partial charge in [0.15, 0.2) is 0 Å². The molecule has 0 aliphatic carbocycles. The van der Waals surface area contributed by atoms with Crippen molar-refractivity contribution in [3.63, 3.8) is 0 Å². The summed E-state index contributed by atoms with van der Waals surface area (Å²) in [5.74, 6) is 5.24.